The van der Waals surface area contributed by atoms with Gasteiger partial charge in [0.25, 0.3) is 0 Å². The summed E-state index contributed by atoms with van der Waals surface area (Å²) in [5.41, 5.74) is 2.61. The molecule has 220 valence electrons. The van der Waals surface area contributed by atoms with Gasteiger partial charge >= 0.3 is 11.9 Å². The van der Waals surface area contributed by atoms with E-state index in [4.69, 9.17) is 20.6 Å². The van der Waals surface area contributed by atoms with Gasteiger partial charge in [-0.2, -0.15) is 0 Å². The molecule has 0 fully saturated rings. The molecule has 3 rings (SSSR count). The summed E-state index contributed by atoms with van der Waals surface area (Å²) in [4.78, 5) is 37.1. The van der Waals surface area contributed by atoms with E-state index in [1.165, 1.54) is 56.4 Å². The number of benzene rings is 3. The van der Waals surface area contributed by atoms with Crippen LogP contribution in [0, 0.1) is 12.3 Å². The second-order valence-electron chi connectivity index (χ2n) is 10.2. The number of esters is 2. The smallest absolute Gasteiger partial charge is 0.343 e. The van der Waals surface area contributed by atoms with Crippen LogP contribution in [0.5, 0.6) is 11.5 Å². The molecule has 0 aliphatic heterocycles. The molecule has 3 aromatic carbocycles. The number of carbonyl (C=O) groups is 3. The van der Waals surface area contributed by atoms with Gasteiger partial charge in [0.05, 0.1) is 17.7 Å². The first-order chi connectivity index (χ1) is 20.4. The van der Waals surface area contributed by atoms with E-state index < -0.39 is 23.8 Å². The second kappa shape index (κ2) is 17.4. The van der Waals surface area contributed by atoms with Crippen molar-refractivity contribution < 1.29 is 28.6 Å². The van der Waals surface area contributed by atoms with Crippen LogP contribution in [-0.2, 0) is 9.53 Å². The zero-order valence-electron chi connectivity index (χ0n) is 24.6. The molecule has 3 aromatic rings. The number of ether oxygens (including phenoxy) is 3. The standard InChI is InChI=1S/C36H40O6/c1-4-7-9-10-11-12-26-40-31-22-18-28(19-23-31)27-14-16-29(17-15-27)35(38)41-32-24-20-30(21-25-32)36(39)42-34(13-8-5-2)33(37)6-3/h3,14-25,34H,4-5,7-13,26H2,1-2H3. The molecule has 0 saturated carbocycles. The Morgan fingerprint density at radius 2 is 1.19 bits per heavy atom. The van der Waals surface area contributed by atoms with Crippen molar-refractivity contribution >= 4 is 17.7 Å². The van der Waals surface area contributed by atoms with Gasteiger partial charge in [-0.25, -0.2) is 9.59 Å². The normalized spacial score (nSPS) is 11.3. The third kappa shape index (κ3) is 10.2. The topological polar surface area (TPSA) is 78.9 Å². The van der Waals surface area contributed by atoms with E-state index in [1.54, 1.807) is 12.1 Å². The van der Waals surface area contributed by atoms with Crippen LogP contribution in [-0.4, -0.2) is 30.4 Å². The van der Waals surface area contributed by atoms with Crippen LogP contribution in [0.15, 0.2) is 72.8 Å². The van der Waals surface area contributed by atoms with Crippen LogP contribution in [0.4, 0.5) is 0 Å². The van der Waals surface area contributed by atoms with Crippen molar-refractivity contribution in [3.63, 3.8) is 0 Å². The Hall–Kier alpha value is -4.37. The molecule has 0 saturated heterocycles. The second-order valence-corrected chi connectivity index (χ2v) is 10.2. The third-order valence-electron chi connectivity index (χ3n) is 6.88. The van der Waals surface area contributed by atoms with Gasteiger partial charge in [-0.15, -0.1) is 6.42 Å². The van der Waals surface area contributed by atoms with E-state index in [9.17, 15) is 14.4 Å². The van der Waals surface area contributed by atoms with Gasteiger partial charge in [0.2, 0.25) is 5.78 Å². The molecule has 0 aliphatic rings. The average molecular weight is 569 g/mol. The lowest BCUT2D eigenvalue weighted by Crippen LogP contribution is -2.26. The maximum absolute atomic E-state index is 12.7. The molecule has 6 heteroatoms. The van der Waals surface area contributed by atoms with E-state index >= 15 is 0 Å². The Morgan fingerprint density at radius 1 is 0.667 bits per heavy atom. The van der Waals surface area contributed by atoms with Crippen molar-refractivity contribution in [1.29, 1.82) is 0 Å². The number of Topliss-reactive ketones (excluding diaryl/α,β-unsaturated/α-hetero) is 1. The lowest BCUT2D eigenvalue weighted by atomic mass is 10.0. The van der Waals surface area contributed by atoms with E-state index in [1.807, 2.05) is 49.2 Å². The Balaban J connectivity index is 1.50. The highest BCUT2D eigenvalue weighted by molar-refractivity contribution is 6.01. The summed E-state index contributed by atoms with van der Waals surface area (Å²) in [6, 6.07) is 21.1. The fourth-order valence-corrected chi connectivity index (χ4v) is 4.36. The van der Waals surface area contributed by atoms with Crippen LogP contribution in [0.3, 0.4) is 0 Å². The number of rotatable bonds is 17. The Bertz CT molecular complexity index is 1320. The van der Waals surface area contributed by atoms with Gasteiger partial charge in [-0.3, -0.25) is 4.79 Å². The van der Waals surface area contributed by atoms with E-state index in [-0.39, 0.29) is 11.3 Å². The van der Waals surface area contributed by atoms with Crippen molar-refractivity contribution in [2.24, 2.45) is 0 Å². The minimum absolute atomic E-state index is 0.226. The molecule has 1 unspecified atom stereocenters. The highest BCUT2D eigenvalue weighted by Gasteiger charge is 2.22. The Labute approximate surface area is 249 Å². The molecule has 0 aromatic heterocycles. The van der Waals surface area contributed by atoms with Gasteiger partial charge in [0.15, 0.2) is 6.10 Å². The van der Waals surface area contributed by atoms with Crippen molar-refractivity contribution in [1.82, 2.24) is 0 Å². The largest absolute Gasteiger partial charge is 0.494 e. The number of unbranched alkanes of at least 4 members (excludes halogenated alkanes) is 6. The third-order valence-corrected chi connectivity index (χ3v) is 6.88. The van der Waals surface area contributed by atoms with Crippen molar-refractivity contribution in [2.45, 2.75) is 77.7 Å². The molecular weight excluding hydrogens is 528 g/mol. The number of hydrogen-bond acceptors (Lipinski definition) is 6. The minimum Gasteiger partial charge on any atom is -0.494 e. The van der Waals surface area contributed by atoms with Crippen molar-refractivity contribution in [3.05, 3.63) is 83.9 Å². The summed E-state index contributed by atoms with van der Waals surface area (Å²) in [7, 11) is 0. The molecule has 0 amide bonds. The molecule has 42 heavy (non-hydrogen) atoms. The van der Waals surface area contributed by atoms with Gasteiger partial charge < -0.3 is 14.2 Å². The zero-order chi connectivity index (χ0) is 30.2. The van der Waals surface area contributed by atoms with Gasteiger partial charge in [0, 0.05) is 0 Å². The highest BCUT2D eigenvalue weighted by Crippen LogP contribution is 2.24. The van der Waals surface area contributed by atoms with Crippen molar-refractivity contribution in [3.8, 4) is 35.0 Å². The summed E-state index contributed by atoms with van der Waals surface area (Å²) in [5, 5.41) is 0. The number of ketones is 1. The molecule has 0 heterocycles. The summed E-state index contributed by atoms with van der Waals surface area (Å²) < 4.78 is 16.7. The van der Waals surface area contributed by atoms with E-state index in [0.29, 0.717) is 18.4 Å². The Kier molecular flexibility index (Phi) is 13.4. The average Bonchev–Trinajstić information content (AvgIpc) is 3.02. The maximum atomic E-state index is 12.7. The molecule has 0 spiro atoms. The van der Waals surface area contributed by atoms with Gasteiger partial charge in [-0.1, -0.05) is 76.6 Å². The number of terminal acetylenes is 1. The number of hydrogen-bond donors (Lipinski definition) is 0. The first-order valence-electron chi connectivity index (χ1n) is 14.8. The lowest BCUT2D eigenvalue weighted by molar-refractivity contribution is -0.122. The van der Waals surface area contributed by atoms with Crippen LogP contribution >= 0.6 is 0 Å². The quantitative estimate of drug-likeness (QED) is 0.0537. The SMILES string of the molecule is C#CC(=O)C(CCCC)OC(=O)c1ccc(OC(=O)c2ccc(-c3ccc(OCCCCCCCC)cc3)cc2)cc1. The molecule has 0 aliphatic carbocycles. The van der Waals surface area contributed by atoms with E-state index in [2.05, 4.69) is 6.92 Å². The predicted octanol–water partition coefficient (Wildman–Crippen LogP) is 8.23. The molecule has 0 bridgehead atoms. The monoisotopic (exact) mass is 568 g/mol. The van der Waals surface area contributed by atoms with Crippen LogP contribution in [0.2, 0.25) is 0 Å². The predicted molar refractivity (Wildman–Crippen MR) is 165 cm³/mol. The fourth-order valence-electron chi connectivity index (χ4n) is 4.36. The molecular formula is C36H40O6. The summed E-state index contributed by atoms with van der Waals surface area (Å²) >= 11 is 0. The maximum Gasteiger partial charge on any atom is 0.343 e. The van der Waals surface area contributed by atoms with Gasteiger partial charge in [0.1, 0.15) is 11.5 Å². The fraction of sp³-hybridized carbons (Fsp3) is 0.361. The number of carbonyl (C=O) groups excluding carboxylic acids is 3. The summed E-state index contributed by atoms with van der Waals surface area (Å²) in [5.74, 6) is 1.42. The summed E-state index contributed by atoms with van der Waals surface area (Å²) in [6.07, 6.45) is 13.5. The van der Waals surface area contributed by atoms with Crippen LogP contribution in [0.25, 0.3) is 11.1 Å². The zero-order valence-corrected chi connectivity index (χ0v) is 24.6. The molecule has 0 radical (unpaired) electrons. The first kappa shape index (κ1) is 32.1. The minimum atomic E-state index is -0.968. The molecule has 1 atom stereocenters. The van der Waals surface area contributed by atoms with Crippen molar-refractivity contribution in [2.75, 3.05) is 6.61 Å². The van der Waals surface area contributed by atoms with Crippen LogP contribution < -0.4 is 9.47 Å². The summed E-state index contributed by atoms with van der Waals surface area (Å²) in [6.45, 7) is 4.92. The van der Waals surface area contributed by atoms with Crippen LogP contribution in [0.1, 0.15) is 92.4 Å². The lowest BCUT2D eigenvalue weighted by Gasteiger charge is -2.14. The first-order valence-corrected chi connectivity index (χ1v) is 14.8. The highest BCUT2D eigenvalue weighted by atomic mass is 16.5. The molecule has 0 N–H and O–H groups in total. The molecule has 6 nitrogen and oxygen atoms in total. The Morgan fingerprint density at radius 3 is 1.81 bits per heavy atom. The van der Waals surface area contributed by atoms with E-state index in [0.717, 1.165) is 36.3 Å². The van der Waals surface area contributed by atoms with Gasteiger partial charge in [-0.05, 0) is 84.8 Å².